The summed E-state index contributed by atoms with van der Waals surface area (Å²) in [4.78, 5) is 0. The van der Waals surface area contributed by atoms with Crippen molar-refractivity contribution in [2.75, 3.05) is 0 Å². The van der Waals surface area contributed by atoms with E-state index in [1.807, 2.05) is 24.3 Å². The molecule has 0 aliphatic carbocycles. The molecule has 4 aromatic carbocycles. The molecule has 0 spiro atoms. The first kappa shape index (κ1) is 22.5. The number of ether oxygens (including phenoxy) is 2. The molecule has 0 aliphatic heterocycles. The molecule has 0 aromatic heterocycles. The van der Waals surface area contributed by atoms with Crippen LogP contribution < -0.4 is 9.47 Å². The van der Waals surface area contributed by atoms with Gasteiger partial charge in [0.15, 0.2) is 23.0 Å². The molecule has 8 heteroatoms. The minimum atomic E-state index is -0.304. The van der Waals surface area contributed by atoms with Gasteiger partial charge in [0.2, 0.25) is 11.5 Å². The molecule has 0 heterocycles. The topological polar surface area (TPSA) is 124 Å². The van der Waals surface area contributed by atoms with Crippen LogP contribution in [0.2, 0.25) is 0 Å². The molecule has 0 unspecified atom stereocenters. The number of para-hydroxylation sites is 2. The average molecular weight is 458 g/mol. The fourth-order valence-electron chi connectivity index (χ4n) is 3.11. The lowest BCUT2D eigenvalue weighted by Gasteiger charge is -2.09. The highest BCUT2D eigenvalue weighted by Crippen LogP contribution is 2.36. The highest BCUT2D eigenvalue weighted by molar-refractivity contribution is 5.50. The van der Waals surface area contributed by atoms with Crippen molar-refractivity contribution in [2.24, 2.45) is 10.2 Å². The monoisotopic (exact) mass is 458 g/mol. The number of hydrogen-bond donors (Lipinski definition) is 4. The van der Waals surface area contributed by atoms with Crippen LogP contribution in [0.4, 0.5) is 11.4 Å². The minimum Gasteiger partial charge on any atom is -0.504 e. The van der Waals surface area contributed by atoms with Crippen LogP contribution in [0.25, 0.3) is 0 Å². The first-order valence-electron chi connectivity index (χ1n) is 10.4. The van der Waals surface area contributed by atoms with E-state index in [0.717, 1.165) is 11.1 Å². The Balaban J connectivity index is 1.39. The van der Waals surface area contributed by atoms with Gasteiger partial charge in [-0.05, 0) is 59.7 Å². The maximum absolute atomic E-state index is 9.85. The number of benzene rings is 4. The Bertz CT molecular complexity index is 1220. The summed E-state index contributed by atoms with van der Waals surface area (Å²) in [5, 5.41) is 47.4. The number of phenols is 4. The fourth-order valence-corrected chi connectivity index (χ4v) is 3.11. The van der Waals surface area contributed by atoms with Crippen LogP contribution in [0.3, 0.4) is 0 Å². The van der Waals surface area contributed by atoms with Gasteiger partial charge in [0.25, 0.3) is 0 Å². The maximum atomic E-state index is 9.85. The van der Waals surface area contributed by atoms with Crippen molar-refractivity contribution in [1.29, 1.82) is 0 Å². The Morgan fingerprint density at radius 1 is 0.529 bits per heavy atom. The molecule has 4 rings (SSSR count). The summed E-state index contributed by atoms with van der Waals surface area (Å²) in [5.74, 6) is -0.726. The van der Waals surface area contributed by atoms with E-state index in [9.17, 15) is 20.4 Å². The second-order valence-electron chi connectivity index (χ2n) is 7.36. The van der Waals surface area contributed by atoms with Crippen molar-refractivity contribution in [2.45, 2.75) is 13.2 Å². The molecule has 0 aliphatic rings. The number of aromatic hydroxyl groups is 4. The predicted octanol–water partition coefficient (Wildman–Crippen LogP) is 6.08. The molecule has 0 bridgehead atoms. The summed E-state index contributed by atoms with van der Waals surface area (Å²) in [6, 6.07) is 23.6. The van der Waals surface area contributed by atoms with Crippen molar-refractivity contribution in [3.8, 4) is 34.5 Å². The summed E-state index contributed by atoms with van der Waals surface area (Å²) >= 11 is 0. The van der Waals surface area contributed by atoms with Crippen LogP contribution in [0.5, 0.6) is 34.5 Å². The first-order chi connectivity index (χ1) is 16.5. The second-order valence-corrected chi connectivity index (χ2v) is 7.36. The van der Waals surface area contributed by atoms with E-state index in [4.69, 9.17) is 9.47 Å². The second kappa shape index (κ2) is 10.3. The van der Waals surface area contributed by atoms with Gasteiger partial charge >= 0.3 is 0 Å². The lowest BCUT2D eigenvalue weighted by molar-refractivity contribution is 0.283. The van der Waals surface area contributed by atoms with Gasteiger partial charge in [-0.1, -0.05) is 36.4 Å². The van der Waals surface area contributed by atoms with Crippen molar-refractivity contribution in [1.82, 2.24) is 0 Å². The Labute approximate surface area is 195 Å². The smallest absolute Gasteiger partial charge is 0.200 e. The zero-order valence-electron chi connectivity index (χ0n) is 18.0. The minimum absolute atomic E-state index is 0.176. The Kier molecular flexibility index (Phi) is 6.78. The van der Waals surface area contributed by atoms with E-state index in [0.29, 0.717) is 11.4 Å². The van der Waals surface area contributed by atoms with Gasteiger partial charge in [-0.3, -0.25) is 0 Å². The Morgan fingerprint density at radius 3 is 1.38 bits per heavy atom. The van der Waals surface area contributed by atoms with Crippen molar-refractivity contribution in [3.63, 3.8) is 0 Å². The zero-order valence-corrected chi connectivity index (χ0v) is 18.0. The fraction of sp³-hybridized carbons (Fsp3) is 0.0769. The van der Waals surface area contributed by atoms with Gasteiger partial charge in [0.1, 0.15) is 13.2 Å². The molecule has 4 aromatic rings. The van der Waals surface area contributed by atoms with Gasteiger partial charge < -0.3 is 29.9 Å². The normalized spacial score (nSPS) is 10.9. The third-order valence-corrected chi connectivity index (χ3v) is 4.85. The standard InChI is InChI=1S/C26H22N2O6/c29-21-9-3-11-23(25(21)31)33-15-17-5-1-7-19(13-17)27-28-20-8-2-6-18(14-20)16-34-24-12-4-10-22(30)26(24)32/h1-14,29-32H,15-16H2. The number of azo groups is 1. The van der Waals surface area contributed by atoms with Crippen LogP contribution in [-0.4, -0.2) is 20.4 Å². The maximum Gasteiger partial charge on any atom is 0.200 e. The lowest BCUT2D eigenvalue weighted by Crippen LogP contribution is -1.95. The van der Waals surface area contributed by atoms with E-state index < -0.39 is 0 Å². The number of rotatable bonds is 8. The molecule has 0 amide bonds. The molecule has 0 atom stereocenters. The average Bonchev–Trinajstić information content (AvgIpc) is 2.85. The van der Waals surface area contributed by atoms with Crippen LogP contribution in [-0.2, 0) is 13.2 Å². The summed E-state index contributed by atoms with van der Waals surface area (Å²) in [6.07, 6.45) is 0. The van der Waals surface area contributed by atoms with Crippen molar-refractivity contribution in [3.05, 3.63) is 96.1 Å². The molecule has 0 saturated carbocycles. The molecule has 0 saturated heterocycles. The summed E-state index contributed by atoms with van der Waals surface area (Å²) in [6.45, 7) is 0.351. The number of hydrogen-bond acceptors (Lipinski definition) is 8. The van der Waals surface area contributed by atoms with Crippen LogP contribution in [0, 0.1) is 0 Å². The summed E-state index contributed by atoms with van der Waals surface area (Å²) < 4.78 is 11.2. The molecule has 34 heavy (non-hydrogen) atoms. The van der Waals surface area contributed by atoms with Gasteiger partial charge in [0, 0.05) is 0 Å². The predicted molar refractivity (Wildman–Crippen MR) is 125 cm³/mol. The quantitative estimate of drug-likeness (QED) is 0.187. The first-order valence-corrected chi connectivity index (χ1v) is 10.4. The van der Waals surface area contributed by atoms with E-state index in [1.54, 1.807) is 48.5 Å². The lowest BCUT2D eigenvalue weighted by atomic mass is 10.2. The Hall–Kier alpha value is -4.72. The zero-order chi connectivity index (χ0) is 23.9. The third kappa shape index (κ3) is 5.55. The summed E-state index contributed by atoms with van der Waals surface area (Å²) in [7, 11) is 0. The molecule has 172 valence electrons. The van der Waals surface area contributed by atoms with Gasteiger partial charge in [0.05, 0.1) is 11.4 Å². The highest BCUT2D eigenvalue weighted by Gasteiger charge is 2.08. The highest BCUT2D eigenvalue weighted by atomic mass is 16.5. The molecule has 4 N–H and O–H groups in total. The van der Waals surface area contributed by atoms with Crippen molar-refractivity contribution < 1.29 is 29.9 Å². The van der Waals surface area contributed by atoms with E-state index in [1.165, 1.54) is 12.1 Å². The van der Waals surface area contributed by atoms with Gasteiger partial charge in [-0.25, -0.2) is 0 Å². The molecular weight excluding hydrogens is 436 g/mol. The molecule has 0 fully saturated rings. The summed E-state index contributed by atoms with van der Waals surface area (Å²) in [5.41, 5.74) is 2.86. The van der Waals surface area contributed by atoms with Crippen LogP contribution in [0.1, 0.15) is 11.1 Å². The number of nitrogens with zero attached hydrogens (tertiary/aromatic N) is 2. The van der Waals surface area contributed by atoms with E-state index in [2.05, 4.69) is 10.2 Å². The SMILES string of the molecule is Oc1cccc(OCc2cccc(N=Nc3cccc(COc4cccc(O)c4O)c3)c2)c1O. The molecular formula is C26H22N2O6. The Morgan fingerprint density at radius 2 is 0.941 bits per heavy atom. The van der Waals surface area contributed by atoms with Crippen LogP contribution >= 0.6 is 0 Å². The largest absolute Gasteiger partial charge is 0.504 e. The van der Waals surface area contributed by atoms with Crippen molar-refractivity contribution >= 4 is 11.4 Å². The van der Waals surface area contributed by atoms with E-state index >= 15 is 0 Å². The van der Waals surface area contributed by atoms with Crippen LogP contribution in [0.15, 0.2) is 95.2 Å². The third-order valence-electron chi connectivity index (χ3n) is 4.85. The van der Waals surface area contributed by atoms with E-state index in [-0.39, 0.29) is 47.7 Å². The van der Waals surface area contributed by atoms with Gasteiger partial charge in [-0.2, -0.15) is 10.2 Å². The number of phenolic OH excluding ortho intramolecular Hbond substituents is 4. The molecule has 8 nitrogen and oxygen atoms in total. The van der Waals surface area contributed by atoms with Gasteiger partial charge in [-0.15, -0.1) is 0 Å². The molecule has 0 radical (unpaired) electrons.